The fourth-order valence-corrected chi connectivity index (χ4v) is 4.29. The molecule has 10 heteroatoms. The van der Waals surface area contributed by atoms with Crippen LogP contribution in [0.3, 0.4) is 0 Å². The minimum absolute atomic E-state index is 0.158. The van der Waals surface area contributed by atoms with Gasteiger partial charge in [-0.3, -0.25) is 9.36 Å². The van der Waals surface area contributed by atoms with E-state index in [-0.39, 0.29) is 5.69 Å². The molecule has 0 aliphatic carbocycles. The van der Waals surface area contributed by atoms with E-state index in [0.29, 0.717) is 38.6 Å². The molecule has 0 saturated heterocycles. The average Bonchev–Trinajstić information content (AvgIpc) is 3.18. The van der Waals surface area contributed by atoms with Crippen LogP contribution in [0.4, 0.5) is 13.2 Å². The number of aryl methyl sites for hydroxylation is 1. The topological polar surface area (TPSA) is 66.1 Å². The van der Waals surface area contributed by atoms with Crippen LogP contribution >= 0.6 is 11.5 Å². The number of benzene rings is 2. The first-order valence-electron chi connectivity index (χ1n) is 9.76. The molecule has 2 aromatic heterocycles. The number of fused-ring (bicyclic) bond motifs is 1. The molecule has 0 saturated carbocycles. The number of ether oxygens (including phenoxy) is 1. The lowest BCUT2D eigenvalue weighted by molar-refractivity contribution is -0.144. The maximum absolute atomic E-state index is 13.2. The van der Waals surface area contributed by atoms with Crippen molar-refractivity contribution in [3.8, 4) is 22.7 Å². The predicted octanol–water partition coefficient (Wildman–Crippen LogP) is 4.70. The maximum Gasteiger partial charge on any atom is 0.431 e. The van der Waals surface area contributed by atoms with Crippen molar-refractivity contribution in [1.82, 2.24) is 13.5 Å². The lowest BCUT2D eigenvalue weighted by atomic mass is 10.0. The van der Waals surface area contributed by atoms with Crippen molar-refractivity contribution in [2.75, 3.05) is 6.61 Å². The van der Waals surface area contributed by atoms with Crippen molar-refractivity contribution in [2.24, 2.45) is 7.05 Å². The number of rotatable bonds is 5. The molecule has 4 rings (SSSR count). The van der Waals surface area contributed by atoms with Crippen molar-refractivity contribution in [1.29, 1.82) is 0 Å². The summed E-state index contributed by atoms with van der Waals surface area (Å²) in [6.45, 7) is 5.90. The Balaban J connectivity index is 1.85. The molecule has 0 N–H and O–H groups in total. The highest BCUT2D eigenvalue weighted by molar-refractivity contribution is 7.13. The Morgan fingerprint density at radius 1 is 1.15 bits per heavy atom. The van der Waals surface area contributed by atoms with Gasteiger partial charge in [-0.25, -0.2) is 9.36 Å². The molecule has 0 fully saturated rings. The summed E-state index contributed by atoms with van der Waals surface area (Å²) in [5, 5.41) is 0.672. The molecule has 2 aromatic carbocycles. The first kappa shape index (κ1) is 22.5. The van der Waals surface area contributed by atoms with Crippen molar-refractivity contribution in [3.63, 3.8) is 0 Å². The Labute approximate surface area is 190 Å². The van der Waals surface area contributed by atoms with E-state index in [2.05, 4.69) is 11.0 Å². The van der Waals surface area contributed by atoms with Gasteiger partial charge in [-0.2, -0.15) is 17.5 Å². The summed E-state index contributed by atoms with van der Waals surface area (Å²) < 4.78 is 51.5. The van der Waals surface area contributed by atoms with E-state index in [1.807, 2.05) is 25.1 Å². The minimum atomic E-state index is -4.82. The molecule has 0 bridgehead atoms. The van der Waals surface area contributed by atoms with E-state index in [9.17, 15) is 22.8 Å². The number of hydrogen-bond donors (Lipinski definition) is 0. The van der Waals surface area contributed by atoms with E-state index < -0.39 is 23.1 Å². The van der Waals surface area contributed by atoms with Gasteiger partial charge in [-0.05, 0) is 60.4 Å². The fraction of sp³-hybridized carbons (Fsp3) is 0.174. The van der Waals surface area contributed by atoms with Crippen molar-refractivity contribution in [2.45, 2.75) is 13.1 Å². The molecular formula is C23H18F3N3O3S. The SMILES string of the molecule is C=CCOc1ccc(-c2nsc3ccc(-n4c(=O)cc(C(F)(F)F)n(C)c4=O)cc23)cc1C. The summed E-state index contributed by atoms with van der Waals surface area (Å²) in [6, 6.07) is 10.8. The number of aromatic nitrogens is 3. The van der Waals surface area contributed by atoms with Gasteiger partial charge in [0.2, 0.25) is 0 Å². The first-order chi connectivity index (χ1) is 15.6. The largest absolute Gasteiger partial charge is 0.489 e. The highest BCUT2D eigenvalue weighted by Gasteiger charge is 2.35. The van der Waals surface area contributed by atoms with Gasteiger partial charge < -0.3 is 4.74 Å². The molecule has 33 heavy (non-hydrogen) atoms. The van der Waals surface area contributed by atoms with Crippen molar-refractivity contribution < 1.29 is 17.9 Å². The Morgan fingerprint density at radius 3 is 2.58 bits per heavy atom. The third-order valence-corrected chi connectivity index (χ3v) is 5.95. The molecule has 0 aliphatic rings. The van der Waals surface area contributed by atoms with Crippen LogP contribution < -0.4 is 16.0 Å². The van der Waals surface area contributed by atoms with Crippen LogP contribution in [0.5, 0.6) is 5.75 Å². The summed E-state index contributed by atoms with van der Waals surface area (Å²) in [7, 11) is 0.982. The maximum atomic E-state index is 13.2. The first-order valence-corrected chi connectivity index (χ1v) is 10.5. The Morgan fingerprint density at radius 2 is 1.91 bits per heavy atom. The van der Waals surface area contributed by atoms with Gasteiger partial charge in [0.25, 0.3) is 5.56 Å². The molecule has 0 unspecified atom stereocenters. The molecule has 0 radical (unpaired) electrons. The van der Waals surface area contributed by atoms with Crippen molar-refractivity contribution in [3.05, 3.63) is 87.2 Å². The van der Waals surface area contributed by atoms with Crippen LogP contribution in [0.25, 0.3) is 27.0 Å². The highest BCUT2D eigenvalue weighted by Crippen LogP contribution is 2.34. The van der Waals surface area contributed by atoms with E-state index in [1.54, 1.807) is 18.2 Å². The highest BCUT2D eigenvalue weighted by atomic mass is 32.1. The zero-order chi connectivity index (χ0) is 23.9. The second-order valence-corrected chi connectivity index (χ2v) is 8.14. The third kappa shape index (κ3) is 4.09. The summed E-state index contributed by atoms with van der Waals surface area (Å²) in [6.07, 6.45) is -3.17. The van der Waals surface area contributed by atoms with Crippen LogP contribution in [0.2, 0.25) is 0 Å². The van der Waals surface area contributed by atoms with Crippen molar-refractivity contribution >= 4 is 21.6 Å². The van der Waals surface area contributed by atoms with E-state index >= 15 is 0 Å². The van der Waals surface area contributed by atoms with Gasteiger partial charge >= 0.3 is 11.9 Å². The van der Waals surface area contributed by atoms with Gasteiger partial charge in [0.1, 0.15) is 18.1 Å². The Hall–Kier alpha value is -3.66. The molecule has 2 heterocycles. The molecule has 4 aromatic rings. The molecule has 0 atom stereocenters. The molecule has 170 valence electrons. The number of hydrogen-bond acceptors (Lipinski definition) is 5. The second-order valence-electron chi connectivity index (χ2n) is 7.33. The van der Waals surface area contributed by atoms with Crippen LogP contribution in [0, 0.1) is 6.92 Å². The monoisotopic (exact) mass is 473 g/mol. The van der Waals surface area contributed by atoms with Gasteiger partial charge in [0.05, 0.1) is 16.1 Å². The average molecular weight is 473 g/mol. The second kappa shape index (κ2) is 8.36. The molecule has 0 aliphatic heterocycles. The smallest absolute Gasteiger partial charge is 0.431 e. The summed E-state index contributed by atoms with van der Waals surface area (Å²) >= 11 is 1.24. The van der Waals surface area contributed by atoms with E-state index in [0.717, 1.165) is 22.9 Å². The third-order valence-electron chi connectivity index (χ3n) is 5.13. The summed E-state index contributed by atoms with van der Waals surface area (Å²) in [5.74, 6) is 0.707. The summed E-state index contributed by atoms with van der Waals surface area (Å²) in [4.78, 5) is 25.1. The number of alkyl halides is 3. The Bertz CT molecular complexity index is 1500. The Kier molecular flexibility index (Phi) is 5.71. The van der Waals surface area contributed by atoms with E-state index in [1.165, 1.54) is 17.6 Å². The standard InChI is InChI=1S/C23H18F3N3O3S/c1-4-9-32-17-7-5-14(10-13(17)2)21-16-11-15(6-8-18(16)33-27-21)29-20(30)12-19(23(24,25)26)28(3)22(29)31/h4-8,10-12H,1,9H2,2-3H3. The van der Waals surface area contributed by atoms with Gasteiger partial charge in [0.15, 0.2) is 0 Å². The van der Waals surface area contributed by atoms with Crippen LogP contribution in [-0.4, -0.2) is 20.1 Å². The molecule has 0 amide bonds. The number of halogens is 3. The normalized spacial score (nSPS) is 11.7. The molecule has 6 nitrogen and oxygen atoms in total. The summed E-state index contributed by atoms with van der Waals surface area (Å²) in [5.41, 5.74) is -0.971. The van der Waals surface area contributed by atoms with Gasteiger partial charge in [-0.15, -0.1) is 0 Å². The minimum Gasteiger partial charge on any atom is -0.489 e. The lowest BCUT2D eigenvalue weighted by Crippen LogP contribution is -2.40. The fourth-order valence-electron chi connectivity index (χ4n) is 3.52. The predicted molar refractivity (Wildman–Crippen MR) is 121 cm³/mol. The molecule has 0 spiro atoms. The zero-order valence-corrected chi connectivity index (χ0v) is 18.5. The van der Waals surface area contributed by atoms with Crippen LogP contribution in [0.1, 0.15) is 11.3 Å². The van der Waals surface area contributed by atoms with Crippen LogP contribution in [0.15, 0.2) is 64.7 Å². The van der Waals surface area contributed by atoms with Gasteiger partial charge in [0, 0.05) is 24.1 Å². The molecular weight excluding hydrogens is 455 g/mol. The zero-order valence-electron chi connectivity index (χ0n) is 17.6. The lowest BCUT2D eigenvalue weighted by Gasteiger charge is -2.14. The van der Waals surface area contributed by atoms with Crippen LogP contribution in [-0.2, 0) is 13.2 Å². The quantitative estimate of drug-likeness (QED) is 0.394. The number of nitrogens with zero attached hydrogens (tertiary/aromatic N) is 3. The van der Waals surface area contributed by atoms with E-state index in [4.69, 9.17) is 4.74 Å². The van der Waals surface area contributed by atoms with Gasteiger partial charge in [-0.1, -0.05) is 12.7 Å².